The zero-order valence-corrected chi connectivity index (χ0v) is 12.5. The van der Waals surface area contributed by atoms with Crippen LogP contribution in [0, 0.1) is 6.92 Å². The Hall–Kier alpha value is -2.30. The van der Waals surface area contributed by atoms with E-state index in [0.717, 1.165) is 5.56 Å². The first kappa shape index (κ1) is 16.8. The van der Waals surface area contributed by atoms with Crippen molar-refractivity contribution in [1.29, 1.82) is 0 Å². The van der Waals surface area contributed by atoms with Crippen molar-refractivity contribution in [3.8, 4) is 0 Å². The van der Waals surface area contributed by atoms with Crippen LogP contribution in [0.5, 0.6) is 0 Å². The smallest absolute Gasteiger partial charge is 0.407 e. The van der Waals surface area contributed by atoms with Crippen molar-refractivity contribution < 1.29 is 19.1 Å². The van der Waals surface area contributed by atoms with Crippen molar-refractivity contribution in [2.45, 2.75) is 20.3 Å². The number of esters is 1. The van der Waals surface area contributed by atoms with Crippen LogP contribution in [0.25, 0.3) is 0 Å². The van der Waals surface area contributed by atoms with Gasteiger partial charge in [0.25, 0.3) is 0 Å². The molecular formula is C16H21NO4. The molecule has 0 fully saturated rings. The molecule has 0 bridgehead atoms. The molecule has 0 saturated carbocycles. The van der Waals surface area contributed by atoms with E-state index in [0.29, 0.717) is 18.6 Å². The predicted molar refractivity (Wildman–Crippen MR) is 80.0 cm³/mol. The average molecular weight is 291 g/mol. The van der Waals surface area contributed by atoms with Gasteiger partial charge in [-0.1, -0.05) is 36.4 Å². The van der Waals surface area contributed by atoms with Crippen LogP contribution in [-0.2, 0) is 20.7 Å². The molecule has 0 aliphatic heterocycles. The number of ether oxygens (including phenoxy) is 2. The molecule has 0 aliphatic carbocycles. The number of rotatable bonds is 7. The second-order valence-electron chi connectivity index (χ2n) is 4.71. The Bertz CT molecular complexity index is 494. The predicted octanol–water partition coefficient (Wildman–Crippen LogP) is 2.38. The molecule has 0 radical (unpaired) electrons. The highest BCUT2D eigenvalue weighted by atomic mass is 16.6. The van der Waals surface area contributed by atoms with Crippen LogP contribution in [0.4, 0.5) is 4.79 Å². The van der Waals surface area contributed by atoms with E-state index in [1.54, 1.807) is 6.92 Å². The van der Waals surface area contributed by atoms with Gasteiger partial charge in [0.05, 0.1) is 13.2 Å². The van der Waals surface area contributed by atoms with Gasteiger partial charge in [0, 0.05) is 12.0 Å². The maximum Gasteiger partial charge on any atom is 0.407 e. The first-order chi connectivity index (χ1) is 9.99. The van der Waals surface area contributed by atoms with E-state index < -0.39 is 12.1 Å². The van der Waals surface area contributed by atoms with Gasteiger partial charge < -0.3 is 14.8 Å². The van der Waals surface area contributed by atoms with Crippen molar-refractivity contribution in [2.75, 3.05) is 19.8 Å². The summed E-state index contributed by atoms with van der Waals surface area (Å²) < 4.78 is 9.85. The molecule has 0 aliphatic rings. The Morgan fingerprint density at radius 3 is 2.43 bits per heavy atom. The topological polar surface area (TPSA) is 64.6 Å². The van der Waals surface area contributed by atoms with Gasteiger partial charge in [-0.25, -0.2) is 9.59 Å². The molecule has 0 spiro atoms. The SMILES string of the molecule is C=C(C)C(=O)OCCNC(=O)OCCc1ccc(C)cc1. The largest absolute Gasteiger partial charge is 0.460 e. The first-order valence-corrected chi connectivity index (χ1v) is 6.78. The number of benzene rings is 1. The van der Waals surface area contributed by atoms with E-state index in [4.69, 9.17) is 9.47 Å². The minimum atomic E-state index is -0.520. The normalized spacial score (nSPS) is 9.81. The molecule has 1 aromatic carbocycles. The van der Waals surface area contributed by atoms with Crippen molar-refractivity contribution in [1.82, 2.24) is 5.32 Å². The molecule has 0 unspecified atom stereocenters. The summed E-state index contributed by atoms with van der Waals surface area (Å²) in [5.74, 6) is -0.468. The lowest BCUT2D eigenvalue weighted by atomic mass is 10.1. The second kappa shape index (κ2) is 8.79. The third-order valence-electron chi connectivity index (χ3n) is 2.70. The Morgan fingerprint density at radius 1 is 1.14 bits per heavy atom. The summed E-state index contributed by atoms with van der Waals surface area (Å²) in [5, 5.41) is 2.50. The number of nitrogens with one attached hydrogen (secondary N) is 1. The van der Waals surface area contributed by atoms with Crippen molar-refractivity contribution >= 4 is 12.1 Å². The molecule has 114 valence electrons. The Morgan fingerprint density at radius 2 is 1.81 bits per heavy atom. The van der Waals surface area contributed by atoms with E-state index >= 15 is 0 Å². The summed E-state index contributed by atoms with van der Waals surface area (Å²) in [5.41, 5.74) is 2.64. The minimum absolute atomic E-state index is 0.0960. The van der Waals surface area contributed by atoms with Crippen LogP contribution in [0.1, 0.15) is 18.1 Å². The molecule has 5 nitrogen and oxygen atoms in total. The molecule has 1 amide bonds. The van der Waals surface area contributed by atoms with Gasteiger partial charge in [-0.2, -0.15) is 0 Å². The lowest BCUT2D eigenvalue weighted by Crippen LogP contribution is -2.29. The summed E-state index contributed by atoms with van der Waals surface area (Å²) in [6.45, 7) is 7.66. The van der Waals surface area contributed by atoms with Crippen LogP contribution in [0.3, 0.4) is 0 Å². The zero-order valence-electron chi connectivity index (χ0n) is 12.5. The van der Waals surface area contributed by atoms with Crippen molar-refractivity contribution in [2.24, 2.45) is 0 Å². The minimum Gasteiger partial charge on any atom is -0.460 e. The summed E-state index contributed by atoms with van der Waals surface area (Å²) in [4.78, 5) is 22.4. The molecule has 0 atom stereocenters. The van der Waals surface area contributed by atoms with Gasteiger partial charge in [-0.15, -0.1) is 0 Å². The summed E-state index contributed by atoms with van der Waals surface area (Å²) >= 11 is 0. The van der Waals surface area contributed by atoms with Gasteiger partial charge in [0.1, 0.15) is 6.61 Å². The van der Waals surface area contributed by atoms with E-state index in [-0.39, 0.29) is 13.2 Å². The summed E-state index contributed by atoms with van der Waals surface area (Å²) in [7, 11) is 0. The molecule has 21 heavy (non-hydrogen) atoms. The average Bonchev–Trinajstić information content (AvgIpc) is 2.45. The third-order valence-corrected chi connectivity index (χ3v) is 2.70. The van der Waals surface area contributed by atoms with E-state index in [1.165, 1.54) is 5.56 Å². The molecule has 0 saturated heterocycles. The fourth-order valence-corrected chi connectivity index (χ4v) is 1.49. The summed E-state index contributed by atoms with van der Waals surface area (Å²) in [6, 6.07) is 8.05. The number of hydrogen-bond acceptors (Lipinski definition) is 4. The number of aryl methyl sites for hydroxylation is 1. The van der Waals surface area contributed by atoms with Crippen LogP contribution in [0.2, 0.25) is 0 Å². The number of amides is 1. The zero-order chi connectivity index (χ0) is 15.7. The number of carbonyl (C=O) groups is 2. The van der Waals surface area contributed by atoms with Crippen molar-refractivity contribution in [3.05, 3.63) is 47.5 Å². The number of carbonyl (C=O) groups excluding carboxylic acids is 2. The quantitative estimate of drug-likeness (QED) is 0.476. The van der Waals surface area contributed by atoms with Crippen LogP contribution in [0.15, 0.2) is 36.4 Å². The number of alkyl carbamates (subject to hydrolysis) is 1. The highest BCUT2D eigenvalue weighted by molar-refractivity contribution is 5.86. The Balaban J connectivity index is 2.10. The molecule has 1 aromatic rings. The fourth-order valence-electron chi connectivity index (χ4n) is 1.49. The van der Waals surface area contributed by atoms with Gasteiger partial charge in [-0.3, -0.25) is 0 Å². The van der Waals surface area contributed by atoms with Crippen LogP contribution in [-0.4, -0.2) is 31.8 Å². The van der Waals surface area contributed by atoms with E-state index in [9.17, 15) is 9.59 Å². The Kier molecular flexibility index (Phi) is 7.01. The maximum absolute atomic E-state index is 11.4. The van der Waals surface area contributed by atoms with Crippen LogP contribution < -0.4 is 5.32 Å². The summed E-state index contributed by atoms with van der Waals surface area (Å²) in [6.07, 6.45) is 0.145. The molecule has 0 heterocycles. The standard InChI is InChI=1S/C16H21NO4/c1-12(2)15(18)20-11-9-17-16(19)21-10-8-14-6-4-13(3)5-7-14/h4-7H,1,8-11H2,2-3H3,(H,17,19). The van der Waals surface area contributed by atoms with E-state index in [1.807, 2.05) is 31.2 Å². The second-order valence-corrected chi connectivity index (χ2v) is 4.71. The maximum atomic E-state index is 11.4. The van der Waals surface area contributed by atoms with Gasteiger partial charge in [0.2, 0.25) is 0 Å². The van der Waals surface area contributed by atoms with Crippen molar-refractivity contribution in [3.63, 3.8) is 0 Å². The molecular weight excluding hydrogens is 270 g/mol. The lowest BCUT2D eigenvalue weighted by molar-refractivity contribution is -0.138. The van der Waals surface area contributed by atoms with Gasteiger partial charge in [0.15, 0.2) is 0 Å². The first-order valence-electron chi connectivity index (χ1n) is 6.78. The molecule has 5 heteroatoms. The fraction of sp³-hybridized carbons (Fsp3) is 0.375. The van der Waals surface area contributed by atoms with Crippen LogP contribution >= 0.6 is 0 Å². The van der Waals surface area contributed by atoms with E-state index in [2.05, 4.69) is 11.9 Å². The molecule has 0 aromatic heterocycles. The monoisotopic (exact) mass is 291 g/mol. The van der Waals surface area contributed by atoms with Gasteiger partial charge in [-0.05, 0) is 19.4 Å². The van der Waals surface area contributed by atoms with Gasteiger partial charge >= 0.3 is 12.1 Å². The highest BCUT2D eigenvalue weighted by Gasteiger charge is 2.04. The third kappa shape index (κ3) is 7.15. The number of hydrogen-bond donors (Lipinski definition) is 1. The molecule has 1 N–H and O–H groups in total. The lowest BCUT2D eigenvalue weighted by Gasteiger charge is -2.08. The molecule has 1 rings (SSSR count). The Labute approximate surface area is 124 Å². The highest BCUT2D eigenvalue weighted by Crippen LogP contribution is 2.03.